The molecule has 2 aromatic heterocycles. The van der Waals surface area contributed by atoms with E-state index in [2.05, 4.69) is 15.3 Å². The van der Waals surface area contributed by atoms with E-state index in [-0.39, 0.29) is 43.7 Å². The molecule has 374 valence electrons. The van der Waals surface area contributed by atoms with Gasteiger partial charge in [-0.3, -0.25) is 24.0 Å². The van der Waals surface area contributed by atoms with Gasteiger partial charge in [-0.15, -0.1) is 5.10 Å². The summed E-state index contributed by atoms with van der Waals surface area (Å²) in [7, 11) is 5.27. The number of carbonyl (C=O) groups is 4. The van der Waals surface area contributed by atoms with Gasteiger partial charge in [-0.1, -0.05) is 51.1 Å². The first-order valence-corrected chi connectivity index (χ1v) is 24.0. The number of benzene rings is 1. The molecule has 0 spiro atoms. The van der Waals surface area contributed by atoms with Gasteiger partial charge in [0.1, 0.15) is 29.8 Å². The van der Waals surface area contributed by atoms with Crippen molar-refractivity contribution in [2.24, 2.45) is 23.7 Å². The normalized spacial score (nSPS) is 34.0. The number of nitrogen functional groups attached to an aromatic ring is 1. The number of hydrogen-bond donors (Lipinski definition) is 2. The third-order valence-electron chi connectivity index (χ3n) is 14.4. The average Bonchev–Trinajstić information content (AvgIpc) is 3.88. The number of nitrogens with zero attached hydrogens (tertiary/aromatic N) is 6. The Kier molecular flexibility index (Phi) is 17.1. The molecule has 0 unspecified atom stereocenters. The van der Waals surface area contributed by atoms with Crippen LogP contribution >= 0.6 is 0 Å². The second kappa shape index (κ2) is 22.2. The molecule has 18 heteroatoms. The highest BCUT2D eigenvalue weighted by molar-refractivity contribution is 5.85. The van der Waals surface area contributed by atoms with Gasteiger partial charge in [0.05, 0.1) is 42.4 Å². The van der Waals surface area contributed by atoms with Gasteiger partial charge in [-0.05, 0) is 97.7 Å². The number of carbonyl (C=O) groups excluding carboxylic acids is 4. The van der Waals surface area contributed by atoms with Gasteiger partial charge in [-0.2, -0.15) is 0 Å². The van der Waals surface area contributed by atoms with Crippen molar-refractivity contribution in [2.45, 2.75) is 161 Å². The van der Waals surface area contributed by atoms with Crippen LogP contribution in [0.15, 0.2) is 55.0 Å². The van der Waals surface area contributed by atoms with Crippen molar-refractivity contribution in [1.82, 2.24) is 29.8 Å². The average molecular weight is 948 g/mol. The summed E-state index contributed by atoms with van der Waals surface area (Å²) in [6, 6.07) is 9.73. The number of esters is 2. The molecule has 0 radical (unpaired) electrons. The standard InChI is InChI=1S/C50H73N7O11/c1-12-39-50(8)44(57(48(62)68-50)22-14-13-21-56-28-37(53-54-56)35-18-15-19-36(51)25-35)31(4)41(59)29(2)26-49(7,63-11)45(67-47-42(60)38(55(9)10)23-30(3)64-47)32(5)43(33(6)46(61)65-39)66-40(58)24-34-17-16-20-52-27-34/h15-20,25,27-33,38-39,42-45,47,60H,12-14,21-24,26,51H2,1-11H3/t29-,30-,31+,32+,33-,38+,39-,42-,43+,44-,45-,47+,49+,50-/m1/s1. The Morgan fingerprint density at radius 1 is 1.03 bits per heavy atom. The maximum Gasteiger partial charge on any atom is 0.410 e. The first-order chi connectivity index (χ1) is 32.2. The molecule has 0 saturated carbocycles. The summed E-state index contributed by atoms with van der Waals surface area (Å²) in [6.07, 6.45) is 0.557. The lowest BCUT2D eigenvalue weighted by Crippen LogP contribution is -2.61. The van der Waals surface area contributed by atoms with Gasteiger partial charge in [0.15, 0.2) is 11.9 Å². The Labute approximate surface area is 400 Å². The van der Waals surface area contributed by atoms with Gasteiger partial charge in [0, 0.05) is 67.6 Å². The summed E-state index contributed by atoms with van der Waals surface area (Å²) in [5, 5.41) is 20.4. The monoisotopic (exact) mass is 948 g/mol. The number of aromatic nitrogens is 4. The first kappa shape index (κ1) is 52.4. The molecular weight excluding hydrogens is 875 g/mol. The molecule has 68 heavy (non-hydrogen) atoms. The van der Waals surface area contributed by atoms with E-state index in [0.29, 0.717) is 42.8 Å². The molecule has 3 fully saturated rings. The van der Waals surface area contributed by atoms with Crippen molar-refractivity contribution in [3.8, 4) is 11.3 Å². The fourth-order valence-corrected chi connectivity index (χ4v) is 10.7. The molecule has 3 aliphatic rings. The minimum absolute atomic E-state index is 0.108. The molecule has 3 saturated heterocycles. The number of Topliss-reactive ketones (excluding diaryl/α,β-unsaturated/α-hetero) is 1. The number of rotatable bonds is 14. The predicted octanol–water partition coefficient (Wildman–Crippen LogP) is 5.49. The van der Waals surface area contributed by atoms with Gasteiger partial charge in [0.25, 0.3) is 0 Å². The number of aliphatic hydroxyl groups is 1. The molecule has 3 aromatic rings. The van der Waals surface area contributed by atoms with Crippen molar-refractivity contribution in [2.75, 3.05) is 33.5 Å². The lowest BCUT2D eigenvalue weighted by Gasteiger charge is -2.48. The number of methoxy groups -OCH3 is 1. The zero-order valence-corrected chi connectivity index (χ0v) is 41.6. The molecule has 6 rings (SSSR count). The number of ketones is 1. The summed E-state index contributed by atoms with van der Waals surface area (Å²) in [5.41, 5.74) is 5.99. The number of ether oxygens (including phenoxy) is 6. The number of aliphatic hydroxyl groups excluding tert-OH is 1. The summed E-state index contributed by atoms with van der Waals surface area (Å²) in [4.78, 5) is 65.5. The van der Waals surface area contributed by atoms with Crippen molar-refractivity contribution in [3.05, 3.63) is 60.6 Å². The number of unbranched alkanes of at least 4 members (excludes halogenated alkanes) is 1. The van der Waals surface area contributed by atoms with Gasteiger partial charge < -0.3 is 49.1 Å². The van der Waals surface area contributed by atoms with Crippen LogP contribution in [0.1, 0.15) is 93.1 Å². The van der Waals surface area contributed by atoms with Crippen LogP contribution in [0.2, 0.25) is 0 Å². The molecule has 1 aromatic carbocycles. The maximum absolute atomic E-state index is 15.0. The van der Waals surface area contributed by atoms with E-state index >= 15 is 4.79 Å². The largest absolute Gasteiger partial charge is 0.461 e. The van der Waals surface area contributed by atoms with Gasteiger partial charge in [-0.25, -0.2) is 4.79 Å². The Bertz CT molecular complexity index is 2190. The second-order valence-electron chi connectivity index (χ2n) is 19.8. The molecule has 1 amide bonds. The fraction of sp³-hybridized carbons (Fsp3) is 0.660. The molecule has 14 atom stereocenters. The van der Waals surface area contributed by atoms with E-state index in [1.807, 2.05) is 71.1 Å². The lowest BCUT2D eigenvalue weighted by atomic mass is 9.73. The Hall–Kier alpha value is -5.01. The van der Waals surface area contributed by atoms with E-state index < -0.39 is 89.7 Å². The fourth-order valence-electron chi connectivity index (χ4n) is 10.7. The number of amides is 1. The third-order valence-corrected chi connectivity index (χ3v) is 14.4. The van der Waals surface area contributed by atoms with Crippen molar-refractivity contribution < 1.29 is 52.7 Å². The number of aryl methyl sites for hydroxylation is 1. The third kappa shape index (κ3) is 11.5. The summed E-state index contributed by atoms with van der Waals surface area (Å²) in [6.45, 7) is 15.1. The number of nitrogens with two attached hydrogens (primary N) is 1. The van der Waals surface area contributed by atoms with Crippen molar-refractivity contribution in [3.63, 3.8) is 0 Å². The molecule has 3 N–H and O–H groups in total. The Morgan fingerprint density at radius 2 is 1.76 bits per heavy atom. The molecular formula is C50H73N7O11. The van der Waals surface area contributed by atoms with Crippen LogP contribution in [0, 0.1) is 23.7 Å². The maximum atomic E-state index is 15.0. The molecule has 3 aliphatic heterocycles. The predicted molar refractivity (Wildman–Crippen MR) is 251 cm³/mol. The molecule has 0 bridgehead atoms. The Morgan fingerprint density at radius 3 is 2.43 bits per heavy atom. The van der Waals surface area contributed by atoms with E-state index in [1.54, 1.807) is 67.9 Å². The van der Waals surface area contributed by atoms with Crippen LogP contribution in [0.25, 0.3) is 11.3 Å². The number of likely N-dealkylation sites (N-methyl/N-ethyl adjacent to an activating group) is 1. The Balaban J connectivity index is 1.34. The highest BCUT2D eigenvalue weighted by Gasteiger charge is 2.60. The van der Waals surface area contributed by atoms with Gasteiger partial charge in [0.2, 0.25) is 0 Å². The van der Waals surface area contributed by atoms with Crippen LogP contribution in [0.3, 0.4) is 0 Å². The first-order valence-electron chi connectivity index (χ1n) is 24.0. The van der Waals surface area contributed by atoms with E-state index in [0.717, 1.165) is 5.56 Å². The number of anilines is 1. The summed E-state index contributed by atoms with van der Waals surface area (Å²) >= 11 is 0. The van der Waals surface area contributed by atoms with Crippen LogP contribution in [0.5, 0.6) is 0 Å². The molecule has 0 aliphatic carbocycles. The summed E-state index contributed by atoms with van der Waals surface area (Å²) in [5.74, 6) is -4.89. The van der Waals surface area contributed by atoms with E-state index in [9.17, 15) is 19.5 Å². The molecule has 5 heterocycles. The lowest BCUT2D eigenvalue weighted by molar-refractivity contribution is -0.301. The van der Waals surface area contributed by atoms with Crippen LogP contribution in [-0.4, -0.2) is 147 Å². The smallest absolute Gasteiger partial charge is 0.410 e. The van der Waals surface area contributed by atoms with Crippen LogP contribution in [0.4, 0.5) is 10.5 Å². The number of fused-ring (bicyclic) bond motifs is 1. The van der Waals surface area contributed by atoms with Crippen LogP contribution in [-0.2, 0) is 55.8 Å². The zero-order valence-electron chi connectivity index (χ0n) is 41.6. The minimum Gasteiger partial charge on any atom is -0.461 e. The van der Waals surface area contributed by atoms with Crippen molar-refractivity contribution in [1.29, 1.82) is 0 Å². The number of hydrogen-bond acceptors (Lipinski definition) is 16. The summed E-state index contributed by atoms with van der Waals surface area (Å²) < 4.78 is 40.3. The molecule has 18 nitrogen and oxygen atoms in total. The van der Waals surface area contributed by atoms with Crippen molar-refractivity contribution >= 4 is 29.5 Å². The highest BCUT2D eigenvalue weighted by Crippen LogP contribution is 2.44. The highest BCUT2D eigenvalue weighted by atomic mass is 16.7. The topological polar surface area (TPSA) is 220 Å². The zero-order chi connectivity index (χ0) is 49.7. The quantitative estimate of drug-likeness (QED) is 0.0883. The van der Waals surface area contributed by atoms with Crippen LogP contribution < -0.4 is 5.73 Å². The number of cyclic esters (lactones) is 1. The SMILES string of the molecule is CC[C@H]1OC(=O)[C@H](C)[C@@H](OC(=O)Cc2cccnc2)[C@H](C)[C@@H](O[C@@H]2O[C@H](C)C[C@H](N(C)C)[C@H]2O)[C@@](C)(OC)C[C@@H](C)C(=O)[C@H](C)[C@H]2N(CCCCn3cc(-c4cccc(N)c4)nn3)C(=O)O[C@]12C. The van der Waals surface area contributed by atoms with Gasteiger partial charge >= 0.3 is 18.0 Å². The van der Waals surface area contributed by atoms with E-state index in [4.69, 9.17) is 34.2 Å². The van der Waals surface area contributed by atoms with E-state index in [1.165, 1.54) is 7.11 Å². The minimum atomic E-state index is -1.46. The number of pyridine rings is 1. The second-order valence-corrected chi connectivity index (χ2v) is 19.8.